The van der Waals surface area contributed by atoms with Crippen molar-refractivity contribution in [1.29, 1.82) is 0 Å². The average Bonchev–Trinajstić information content (AvgIpc) is 3.03. The number of alkyl halides is 3. The Morgan fingerprint density at radius 1 is 1.15 bits per heavy atom. The second-order valence-electron chi connectivity index (χ2n) is 9.81. The number of nitrogens with zero attached hydrogens (tertiary/aromatic N) is 3. The number of thioether (sulfide) groups is 1. The fourth-order valence-corrected chi connectivity index (χ4v) is 5.43. The van der Waals surface area contributed by atoms with Crippen LogP contribution in [0.3, 0.4) is 0 Å². The quantitative estimate of drug-likeness (QED) is 0.419. The Labute approximate surface area is 233 Å². The number of carbonyl (C=O) groups is 2. The molecule has 3 aromatic rings. The number of hydrogen-bond donors (Lipinski definition) is 1. The van der Waals surface area contributed by atoms with Crippen LogP contribution in [0.4, 0.5) is 24.5 Å². The first kappa shape index (κ1) is 27.9. The van der Waals surface area contributed by atoms with Crippen LogP contribution in [0.1, 0.15) is 40.9 Å². The van der Waals surface area contributed by atoms with E-state index in [9.17, 15) is 22.8 Å². The highest BCUT2D eigenvalue weighted by molar-refractivity contribution is 7.98. The van der Waals surface area contributed by atoms with E-state index in [1.807, 2.05) is 31.4 Å². The first-order valence-electron chi connectivity index (χ1n) is 12.6. The summed E-state index contributed by atoms with van der Waals surface area (Å²) in [6.45, 7) is 2.94. The number of ether oxygens (including phenoxy) is 2. The highest BCUT2D eigenvalue weighted by Gasteiger charge is 2.42. The molecule has 0 bridgehead atoms. The molecule has 0 saturated carbocycles. The monoisotopic (exact) mass is 572 g/mol. The second-order valence-corrected chi connectivity index (χ2v) is 10.6. The van der Waals surface area contributed by atoms with E-state index in [2.05, 4.69) is 15.5 Å². The number of benzene rings is 2. The molecule has 40 heavy (non-hydrogen) atoms. The molecule has 1 aromatic heterocycles. The van der Waals surface area contributed by atoms with Crippen molar-refractivity contribution in [3.8, 4) is 16.9 Å². The third-order valence-corrected chi connectivity index (χ3v) is 7.55. The lowest BCUT2D eigenvalue weighted by Gasteiger charge is -2.35. The number of rotatable bonds is 5. The van der Waals surface area contributed by atoms with Gasteiger partial charge in [0, 0.05) is 18.5 Å². The largest absolute Gasteiger partial charge is 0.484 e. The van der Waals surface area contributed by atoms with Crippen molar-refractivity contribution in [3.63, 3.8) is 0 Å². The summed E-state index contributed by atoms with van der Waals surface area (Å²) >= 11 is 1.54. The fourth-order valence-electron chi connectivity index (χ4n) is 4.89. The molecule has 0 aliphatic carbocycles. The van der Waals surface area contributed by atoms with Gasteiger partial charge < -0.3 is 14.8 Å². The Bertz CT molecular complexity index is 1440. The Hall–Kier alpha value is -3.64. The van der Waals surface area contributed by atoms with E-state index in [0.717, 1.165) is 16.7 Å². The van der Waals surface area contributed by atoms with Gasteiger partial charge in [-0.05, 0) is 60.2 Å². The zero-order valence-electron chi connectivity index (χ0n) is 21.9. The number of fused-ring (bicyclic) bond motifs is 1. The summed E-state index contributed by atoms with van der Waals surface area (Å²) in [6.07, 6.45) is -0.664. The van der Waals surface area contributed by atoms with Crippen LogP contribution in [0.5, 0.6) is 5.75 Å². The predicted molar refractivity (Wildman–Crippen MR) is 145 cm³/mol. The lowest BCUT2D eigenvalue weighted by Crippen LogP contribution is -2.44. The van der Waals surface area contributed by atoms with Crippen LogP contribution >= 0.6 is 11.8 Å². The Kier molecular flexibility index (Phi) is 7.74. The molecule has 2 aromatic carbocycles. The molecule has 8 nitrogen and oxygen atoms in total. The highest BCUT2D eigenvalue weighted by atomic mass is 32.2. The van der Waals surface area contributed by atoms with E-state index >= 15 is 0 Å². The van der Waals surface area contributed by atoms with Gasteiger partial charge in [0.25, 0.3) is 5.91 Å². The smallest absolute Gasteiger partial charge is 0.418 e. The van der Waals surface area contributed by atoms with Crippen LogP contribution in [0.25, 0.3) is 11.1 Å². The lowest BCUT2D eigenvalue weighted by atomic mass is 9.90. The number of halogens is 3. The number of hydrogen-bond acceptors (Lipinski definition) is 7. The lowest BCUT2D eigenvalue weighted by molar-refractivity contribution is -0.138. The Balaban J connectivity index is 1.47. The molecule has 0 unspecified atom stereocenters. The molecule has 0 radical (unpaired) electrons. The highest BCUT2D eigenvalue weighted by Crippen LogP contribution is 2.43. The van der Waals surface area contributed by atoms with E-state index in [0.29, 0.717) is 61.3 Å². The van der Waals surface area contributed by atoms with Crippen LogP contribution in [0, 0.1) is 6.92 Å². The predicted octanol–water partition coefficient (Wildman–Crippen LogP) is 5.71. The third kappa shape index (κ3) is 5.78. The summed E-state index contributed by atoms with van der Waals surface area (Å²) in [4.78, 5) is 27.7. The SMILES string of the molecule is CSCN1C(=O)CC2(CCOCC2)Oc2cc(-c3cc(NC(=O)c4cc(C(F)(F)F)cnn4)ccc3C)ccc21. The zero-order chi connectivity index (χ0) is 28.5. The summed E-state index contributed by atoms with van der Waals surface area (Å²) in [5.41, 5.74) is 1.40. The Morgan fingerprint density at radius 3 is 2.65 bits per heavy atom. The van der Waals surface area contributed by atoms with Gasteiger partial charge in [-0.2, -0.15) is 18.3 Å². The first-order chi connectivity index (χ1) is 19.1. The molecule has 1 N–H and O–H groups in total. The maximum atomic E-state index is 13.3. The standard InChI is InChI=1S/C28H27F3N4O4S/c1-17-3-5-20(33-26(37)22-12-19(15-32-34-22)28(29,30)31)13-21(17)18-4-6-23-24(11-18)39-27(7-9-38-10-8-27)14-25(36)35(23)16-40-2/h3-6,11-13,15H,7-10,14,16H2,1-2H3,(H,33,37). The minimum atomic E-state index is -4.64. The molecule has 1 saturated heterocycles. The van der Waals surface area contributed by atoms with E-state index < -0.39 is 28.9 Å². The van der Waals surface area contributed by atoms with Crippen molar-refractivity contribution in [2.24, 2.45) is 0 Å². The van der Waals surface area contributed by atoms with Crippen molar-refractivity contribution in [1.82, 2.24) is 10.2 Å². The van der Waals surface area contributed by atoms with Crippen molar-refractivity contribution < 1.29 is 32.2 Å². The molecule has 2 aliphatic rings. The van der Waals surface area contributed by atoms with Gasteiger partial charge in [0.1, 0.15) is 11.4 Å². The summed E-state index contributed by atoms with van der Waals surface area (Å²) < 4.78 is 51.3. The normalized spacial score (nSPS) is 16.7. The molecule has 1 fully saturated rings. The molecular formula is C28H27F3N4O4S. The fraction of sp³-hybridized carbons (Fsp3) is 0.357. The summed E-state index contributed by atoms with van der Waals surface area (Å²) in [5, 5.41) is 9.49. The van der Waals surface area contributed by atoms with Crippen LogP contribution in [0.2, 0.25) is 0 Å². The molecule has 2 amide bonds. The molecule has 5 rings (SSSR count). The van der Waals surface area contributed by atoms with Crippen LogP contribution in [0.15, 0.2) is 48.7 Å². The summed E-state index contributed by atoms with van der Waals surface area (Å²) in [7, 11) is 0. The minimum Gasteiger partial charge on any atom is -0.484 e. The summed E-state index contributed by atoms with van der Waals surface area (Å²) in [5.74, 6) is 0.264. The topological polar surface area (TPSA) is 93.7 Å². The average molecular weight is 573 g/mol. The van der Waals surface area contributed by atoms with Crippen LogP contribution in [-0.4, -0.2) is 53.0 Å². The number of aromatic nitrogens is 2. The molecule has 2 aliphatic heterocycles. The van der Waals surface area contributed by atoms with Gasteiger partial charge in [-0.1, -0.05) is 12.1 Å². The molecule has 0 atom stereocenters. The molecule has 3 heterocycles. The minimum absolute atomic E-state index is 0.00123. The molecule has 12 heteroatoms. The van der Waals surface area contributed by atoms with Crippen LogP contribution < -0.4 is 15.0 Å². The first-order valence-corrected chi connectivity index (χ1v) is 14.0. The molecular weight excluding hydrogens is 545 g/mol. The van der Waals surface area contributed by atoms with Gasteiger partial charge in [0.15, 0.2) is 5.69 Å². The number of nitrogens with one attached hydrogen (secondary N) is 1. The molecule has 1 spiro atoms. The van der Waals surface area contributed by atoms with Gasteiger partial charge in [-0.25, -0.2) is 0 Å². The van der Waals surface area contributed by atoms with Crippen molar-refractivity contribution in [2.45, 2.75) is 38.0 Å². The third-order valence-electron chi connectivity index (χ3n) is 7.03. The molecule has 210 valence electrons. The van der Waals surface area contributed by atoms with E-state index in [1.54, 1.807) is 34.9 Å². The van der Waals surface area contributed by atoms with Crippen molar-refractivity contribution in [2.75, 3.05) is 35.6 Å². The van der Waals surface area contributed by atoms with Gasteiger partial charge in [-0.3, -0.25) is 14.5 Å². The van der Waals surface area contributed by atoms with Gasteiger partial charge in [0.05, 0.1) is 43.0 Å². The summed E-state index contributed by atoms with van der Waals surface area (Å²) in [6, 6.07) is 11.5. The number of anilines is 2. The van der Waals surface area contributed by atoms with Crippen molar-refractivity contribution >= 4 is 35.0 Å². The van der Waals surface area contributed by atoms with Gasteiger partial charge in [0.2, 0.25) is 5.91 Å². The van der Waals surface area contributed by atoms with Gasteiger partial charge in [-0.15, -0.1) is 16.9 Å². The number of aryl methyl sites for hydroxylation is 1. The maximum absolute atomic E-state index is 13.3. The number of amides is 2. The number of carbonyl (C=O) groups excluding carboxylic acids is 2. The van der Waals surface area contributed by atoms with Crippen LogP contribution in [-0.2, 0) is 15.7 Å². The Morgan fingerprint density at radius 2 is 1.93 bits per heavy atom. The van der Waals surface area contributed by atoms with Gasteiger partial charge >= 0.3 is 6.18 Å². The van der Waals surface area contributed by atoms with E-state index in [1.165, 1.54) is 0 Å². The maximum Gasteiger partial charge on any atom is 0.418 e. The van der Waals surface area contributed by atoms with E-state index in [4.69, 9.17) is 9.47 Å². The second kappa shape index (κ2) is 11.1. The van der Waals surface area contributed by atoms with Crippen molar-refractivity contribution in [3.05, 3.63) is 65.5 Å². The zero-order valence-corrected chi connectivity index (χ0v) is 22.7. The van der Waals surface area contributed by atoms with E-state index in [-0.39, 0.29) is 12.3 Å².